The molecule has 22 nitrogen and oxygen atoms in total. The summed E-state index contributed by atoms with van der Waals surface area (Å²) in [6, 6.07) is 6.49. The van der Waals surface area contributed by atoms with Gasteiger partial charge in [0.1, 0.15) is 51.6 Å². The van der Waals surface area contributed by atoms with Crippen molar-refractivity contribution < 1.29 is 74.8 Å². The summed E-state index contributed by atoms with van der Waals surface area (Å²) in [6.07, 6.45) is 17.6. The topological polar surface area (TPSA) is 273 Å². The van der Waals surface area contributed by atoms with Gasteiger partial charge in [-0.3, -0.25) is 43.2 Å². The van der Waals surface area contributed by atoms with E-state index in [-0.39, 0.29) is 126 Å². The van der Waals surface area contributed by atoms with E-state index in [1.807, 2.05) is 33.8 Å². The number of pyridine rings is 3. The number of amides is 6. The summed E-state index contributed by atoms with van der Waals surface area (Å²) in [5, 5.41) is 27.5. The third-order valence-corrected chi connectivity index (χ3v) is 19.0. The van der Waals surface area contributed by atoms with Gasteiger partial charge in [0, 0.05) is 117 Å². The first-order chi connectivity index (χ1) is 49.1. The Balaban J connectivity index is 0.000000178. The van der Waals surface area contributed by atoms with E-state index in [2.05, 4.69) is 27.6 Å². The average molecular weight is 1490 g/mol. The van der Waals surface area contributed by atoms with Gasteiger partial charge in [0.25, 0.3) is 35.4 Å². The smallest absolute Gasteiger partial charge is 0.275 e. The van der Waals surface area contributed by atoms with Crippen LogP contribution in [0.25, 0.3) is 0 Å². The van der Waals surface area contributed by atoms with E-state index in [4.69, 9.17) is 32.7 Å². The molecule has 6 aliphatic heterocycles. The number of hydrogen-bond donors (Lipinski definition) is 5. The van der Waals surface area contributed by atoms with Gasteiger partial charge in [-0.1, -0.05) is 81.3 Å². The number of halogens is 9. The molecule has 0 aliphatic carbocycles. The van der Waals surface area contributed by atoms with E-state index in [9.17, 15) is 79.7 Å². The first-order valence-electron chi connectivity index (χ1n) is 32.9. The van der Waals surface area contributed by atoms with Gasteiger partial charge in [-0.25, -0.2) is 26.3 Å². The molecule has 0 fully saturated rings. The highest BCUT2D eigenvalue weighted by Gasteiger charge is 2.44. The Labute approximate surface area is 601 Å². The normalized spacial score (nSPS) is 20.9. The number of aliphatic hydroxyl groups is 1. The molecule has 6 aromatic rings. The predicted octanol–water partition coefficient (Wildman–Crippen LogP) is 9.53. The van der Waals surface area contributed by atoms with Crippen molar-refractivity contribution in [3.63, 3.8) is 0 Å². The summed E-state index contributed by atoms with van der Waals surface area (Å²) >= 11 is 17.7. The second-order valence-corrected chi connectivity index (χ2v) is 25.9. The molecule has 6 amide bonds. The average Bonchev–Trinajstić information content (AvgIpc) is 1.73. The lowest BCUT2D eigenvalue weighted by Crippen LogP contribution is -2.49. The van der Waals surface area contributed by atoms with E-state index in [0.717, 1.165) is 31.0 Å². The van der Waals surface area contributed by atoms with Crippen LogP contribution in [0.15, 0.2) is 124 Å². The standard InChI is InChI=1S/C25H26ClF2N3O4.C25H27F2N3O5.C21H18ClF2N3O4.CH3Cl/c1-3-4-9-35-23-21-25(34)30-13-20(18(26)8-5-14(30)2)31(21)12-17(22(23)32)24(33)29-11-15-6-7-16(27)10-19(15)28;1-3-4-9-35-23-21-25(34)29-13-19(20(31)8-5-14(29)2)30(21)12-17(22(23)32)24(33)28-11-15-6-7-16(26)10-18(15)27;1-10-2-5-14(22)16-9-26(10)21(31)17-19(29)18(28)13(8-27(16)17)20(30)25-7-11-3-4-12(23)6-15(11)24;1-2/h5-8,10,12,14,18,20H,3-4,9,11,13H2,1-2H3,(H,29,33);5-8,10,12,14,19-20,31H,3-4,9,11,13H2,1-2H3,(H,28,33);2-6,8,10,14,16,29H,7,9H2,1H3,(H,25,30);1H3/t14-,18+,20+;14-,19+,20-;10-,14+,16+;/m000./s1. The number of rotatable bonds is 17. The summed E-state index contributed by atoms with van der Waals surface area (Å²) in [4.78, 5) is 122. The van der Waals surface area contributed by atoms with Crippen LogP contribution in [-0.2, 0) is 19.6 Å². The fraction of sp³-hybridized carbons (Fsp3) is 0.375. The number of allylic oxidation sites excluding steroid dienone is 2. The molecular weight excluding hydrogens is 1420 g/mol. The number of unbranched alkanes of at least 4 members (excludes halogenated alkanes) is 2. The van der Waals surface area contributed by atoms with Crippen LogP contribution in [-0.4, -0.2) is 148 Å². The lowest BCUT2D eigenvalue weighted by atomic mass is 10.0. The Morgan fingerprint density at radius 3 is 1.17 bits per heavy atom. The molecule has 0 unspecified atom stereocenters. The van der Waals surface area contributed by atoms with Crippen molar-refractivity contribution in [2.75, 3.05) is 39.2 Å². The van der Waals surface area contributed by atoms with Crippen LogP contribution in [0.4, 0.5) is 26.3 Å². The molecule has 0 spiro atoms. The minimum Gasteiger partial charge on any atom is -0.503 e. The molecule has 9 heterocycles. The summed E-state index contributed by atoms with van der Waals surface area (Å²) < 4.78 is 97.1. The lowest BCUT2D eigenvalue weighted by Gasteiger charge is -2.38. The highest BCUT2D eigenvalue weighted by atomic mass is 35.5. The van der Waals surface area contributed by atoms with Crippen molar-refractivity contribution in [1.82, 2.24) is 44.4 Å². The minimum atomic E-state index is -1.02. The van der Waals surface area contributed by atoms with Crippen LogP contribution in [0.1, 0.15) is 158 Å². The second-order valence-electron chi connectivity index (χ2n) is 24.9. The van der Waals surface area contributed by atoms with E-state index in [1.165, 1.54) is 57.2 Å². The van der Waals surface area contributed by atoms with Gasteiger partial charge < -0.3 is 64.0 Å². The van der Waals surface area contributed by atoms with Crippen LogP contribution in [0, 0.1) is 34.9 Å². The van der Waals surface area contributed by atoms with Gasteiger partial charge in [-0.2, -0.15) is 0 Å². The Hall–Kier alpha value is -9.64. The number of nitrogens with zero attached hydrogens (tertiary/aromatic N) is 6. The molecule has 31 heteroatoms. The fourth-order valence-electron chi connectivity index (χ4n) is 12.3. The number of aliphatic hydroxyl groups excluding tert-OH is 1. The van der Waals surface area contributed by atoms with E-state index in [0.29, 0.717) is 37.6 Å². The first-order valence-corrected chi connectivity index (χ1v) is 34.6. The number of fused-ring (bicyclic) bond motifs is 12. The van der Waals surface area contributed by atoms with Gasteiger partial charge in [0.05, 0.1) is 48.2 Å². The molecule has 12 rings (SSSR count). The van der Waals surface area contributed by atoms with Crippen LogP contribution in [0.3, 0.4) is 0 Å². The van der Waals surface area contributed by atoms with Crippen LogP contribution >= 0.6 is 34.8 Å². The van der Waals surface area contributed by atoms with Crippen LogP contribution < -0.4 is 41.7 Å². The molecule has 0 radical (unpaired) electrons. The molecule has 0 saturated carbocycles. The number of alkyl halides is 3. The minimum absolute atomic E-state index is 0.0157. The number of benzene rings is 3. The molecule has 9 atom stereocenters. The molecule has 3 aromatic carbocycles. The maximum Gasteiger partial charge on any atom is 0.275 e. The van der Waals surface area contributed by atoms with Crippen molar-refractivity contribution in [3.8, 4) is 17.2 Å². The van der Waals surface area contributed by atoms with Gasteiger partial charge in [-0.15, -0.1) is 34.8 Å². The third-order valence-electron chi connectivity index (χ3n) is 18.1. The fourth-order valence-corrected chi connectivity index (χ4v) is 12.9. The predicted molar refractivity (Wildman–Crippen MR) is 370 cm³/mol. The zero-order valence-electron chi connectivity index (χ0n) is 56.5. The van der Waals surface area contributed by atoms with Crippen molar-refractivity contribution in [3.05, 3.63) is 226 Å². The number of aromatic nitrogens is 3. The second kappa shape index (κ2) is 33.6. The van der Waals surface area contributed by atoms with Gasteiger partial charge in [-0.05, 0) is 51.8 Å². The summed E-state index contributed by atoms with van der Waals surface area (Å²) in [6.45, 7) is 9.60. The number of ether oxygens (including phenoxy) is 2. The molecule has 103 heavy (non-hydrogen) atoms. The largest absolute Gasteiger partial charge is 0.503 e. The molecule has 548 valence electrons. The molecule has 6 aliphatic rings. The number of aromatic hydroxyl groups is 1. The van der Waals surface area contributed by atoms with E-state index in [1.54, 1.807) is 51.7 Å². The van der Waals surface area contributed by atoms with Gasteiger partial charge in [0.15, 0.2) is 34.3 Å². The molecule has 3 aromatic heterocycles. The number of carbonyl (C=O) groups excluding carboxylic acids is 6. The van der Waals surface area contributed by atoms with Crippen molar-refractivity contribution in [2.45, 2.75) is 133 Å². The SMILES string of the molecule is CCCCOc1c2n(cc(C(=O)NCc3ccc(F)cc3F)c1=O)[C@@H]1CN(C2=O)[C@@H](C)C=C[C@@H]1O.CCCCOc1c2n(cc(C(=O)NCc3ccc(F)cc3F)c1=O)[C@@H]1CN(C2=O)[C@@H](C)C=C[C@H]1Cl.CCl.C[C@H]1C=C[C@@H](Cl)[C@H]2CN1C(=O)c1c(O)c(=O)c(C(=O)NCc3ccc(F)cc3F)cn12. The Bertz CT molecular complexity index is 4380. The van der Waals surface area contributed by atoms with Crippen LogP contribution in [0.2, 0.25) is 0 Å². The third kappa shape index (κ3) is 16.6. The lowest BCUT2D eigenvalue weighted by molar-refractivity contribution is 0.0530. The summed E-state index contributed by atoms with van der Waals surface area (Å²) in [5.41, 5.74) is -3.58. The quantitative estimate of drug-likeness (QED) is 0.0247. The summed E-state index contributed by atoms with van der Waals surface area (Å²) in [7, 11) is 0. The number of carbonyl (C=O) groups is 6. The number of hydrogen-bond acceptors (Lipinski definition) is 13. The van der Waals surface area contributed by atoms with E-state index >= 15 is 0 Å². The molecule has 6 bridgehead atoms. The first kappa shape index (κ1) is 77.5. The van der Waals surface area contributed by atoms with Crippen molar-refractivity contribution >= 4 is 70.2 Å². The molecule has 0 saturated heterocycles. The maximum absolute atomic E-state index is 14.0. The number of nitrogens with one attached hydrogen (secondary N) is 3. The zero-order chi connectivity index (χ0) is 75.0. The highest BCUT2D eigenvalue weighted by Crippen LogP contribution is 2.38. The Kier molecular flexibility index (Phi) is 25.3. The van der Waals surface area contributed by atoms with E-state index < -0.39 is 127 Å². The van der Waals surface area contributed by atoms with Gasteiger partial charge in [0.2, 0.25) is 16.3 Å². The maximum atomic E-state index is 14.0. The molecule has 5 N–H and O–H groups in total. The highest BCUT2D eigenvalue weighted by molar-refractivity contribution is 6.22. The monoisotopic (exact) mass is 1490 g/mol. The van der Waals surface area contributed by atoms with Crippen LogP contribution in [0.5, 0.6) is 17.2 Å². The summed E-state index contributed by atoms with van der Waals surface area (Å²) in [5.74, 6) is -9.85. The zero-order valence-corrected chi connectivity index (χ0v) is 58.8. The Morgan fingerprint density at radius 2 is 0.806 bits per heavy atom. The Morgan fingerprint density at radius 1 is 0.485 bits per heavy atom. The van der Waals surface area contributed by atoms with Crippen molar-refractivity contribution in [2.24, 2.45) is 0 Å². The molecular formula is C72H74Cl3F6N9O13. The van der Waals surface area contributed by atoms with Gasteiger partial charge >= 0.3 is 0 Å². The van der Waals surface area contributed by atoms with Crippen molar-refractivity contribution in [1.29, 1.82) is 0 Å².